The molecule has 0 saturated carbocycles. The molecule has 0 aliphatic carbocycles. The summed E-state index contributed by atoms with van der Waals surface area (Å²) in [6.07, 6.45) is -0.572. The maximum absolute atomic E-state index is 12.7. The Morgan fingerprint density at radius 2 is 1.62 bits per heavy atom. The number of rotatable bonds is 9. The fourth-order valence-corrected chi connectivity index (χ4v) is 2.36. The van der Waals surface area contributed by atoms with E-state index < -0.39 is 48.1 Å². The zero-order valence-corrected chi connectivity index (χ0v) is 19.4. The van der Waals surface area contributed by atoms with Crippen LogP contribution in [0.15, 0.2) is 35.5 Å². The van der Waals surface area contributed by atoms with Gasteiger partial charge in [-0.1, -0.05) is 35.5 Å². The van der Waals surface area contributed by atoms with E-state index in [0.717, 1.165) is 5.56 Å². The summed E-state index contributed by atoms with van der Waals surface area (Å²) in [5.74, 6) is -1.91. The monoisotopic (exact) mass is 448 g/mol. The van der Waals surface area contributed by atoms with Gasteiger partial charge in [0.2, 0.25) is 11.8 Å². The van der Waals surface area contributed by atoms with Crippen LogP contribution in [-0.4, -0.2) is 53.8 Å². The number of carbonyl (C=O) groups is 4. The van der Waals surface area contributed by atoms with Gasteiger partial charge in [-0.3, -0.25) is 9.59 Å². The van der Waals surface area contributed by atoms with Crippen LogP contribution in [0, 0.1) is 0 Å². The molecule has 0 aliphatic rings. The Morgan fingerprint density at radius 3 is 2.19 bits per heavy atom. The second kappa shape index (κ2) is 12.4. The van der Waals surface area contributed by atoms with Crippen molar-refractivity contribution in [2.24, 2.45) is 5.16 Å². The van der Waals surface area contributed by atoms with Gasteiger partial charge in [0.25, 0.3) is 0 Å². The van der Waals surface area contributed by atoms with Gasteiger partial charge >= 0.3 is 12.1 Å². The van der Waals surface area contributed by atoms with Crippen molar-refractivity contribution in [1.29, 1.82) is 0 Å². The van der Waals surface area contributed by atoms with E-state index in [0.29, 0.717) is 5.71 Å². The van der Waals surface area contributed by atoms with Gasteiger partial charge in [-0.25, -0.2) is 9.59 Å². The summed E-state index contributed by atoms with van der Waals surface area (Å²) in [7, 11) is 0. The van der Waals surface area contributed by atoms with Gasteiger partial charge in [0.15, 0.2) is 0 Å². The number of hydrogen-bond acceptors (Lipinski definition) is 7. The van der Waals surface area contributed by atoms with Crippen molar-refractivity contribution in [1.82, 2.24) is 16.0 Å². The summed E-state index contributed by atoms with van der Waals surface area (Å²) in [5.41, 5.74) is 0.630. The molecule has 0 aliphatic heterocycles. The van der Waals surface area contributed by atoms with Crippen LogP contribution in [0.4, 0.5) is 4.79 Å². The van der Waals surface area contributed by atoms with Crippen molar-refractivity contribution in [2.75, 3.05) is 6.54 Å². The number of carbonyl (C=O) groups excluding carboxylic acids is 4. The molecule has 1 aromatic rings. The summed E-state index contributed by atoms with van der Waals surface area (Å²) < 4.78 is 5.14. The van der Waals surface area contributed by atoms with Crippen LogP contribution in [0.5, 0.6) is 0 Å². The van der Waals surface area contributed by atoms with E-state index in [1.165, 1.54) is 6.92 Å². The number of nitrogens with one attached hydrogen (secondary N) is 3. The summed E-state index contributed by atoms with van der Waals surface area (Å²) in [6, 6.07) is 7.11. The lowest BCUT2D eigenvalue weighted by molar-refractivity contribution is -0.144. The molecule has 3 amide bonds. The fraction of sp³-hybridized carbons (Fsp3) is 0.500. The summed E-state index contributed by atoms with van der Waals surface area (Å²) >= 11 is 0. The van der Waals surface area contributed by atoms with Gasteiger partial charge in [-0.2, -0.15) is 0 Å². The minimum atomic E-state index is -0.989. The lowest BCUT2D eigenvalue weighted by atomic mass is 10.0. The average molecular weight is 449 g/mol. The second-order valence-electron chi connectivity index (χ2n) is 8.34. The van der Waals surface area contributed by atoms with Crippen LogP contribution >= 0.6 is 0 Å². The smallest absolute Gasteiger partial charge is 0.408 e. The molecule has 0 spiro atoms. The molecular weight excluding hydrogens is 416 g/mol. The number of oxime groups is 1. The van der Waals surface area contributed by atoms with Crippen LogP contribution < -0.4 is 16.0 Å². The number of ether oxygens (including phenoxy) is 1. The third-order valence-electron chi connectivity index (χ3n) is 3.78. The van der Waals surface area contributed by atoms with Crippen LogP contribution in [0.1, 0.15) is 47.1 Å². The van der Waals surface area contributed by atoms with E-state index in [4.69, 9.17) is 4.74 Å². The van der Waals surface area contributed by atoms with Crippen molar-refractivity contribution < 1.29 is 28.8 Å². The fourth-order valence-electron chi connectivity index (χ4n) is 2.36. The Bertz CT molecular complexity index is 829. The molecular formula is C22H32N4O6. The molecule has 0 fully saturated rings. The standard InChI is InChI=1S/C22H32N4O6/c1-14(2)26-32-18(27)13-23-20(29)17(12-16-10-8-7-9-11-16)25-19(28)15(3)24-21(30)31-22(4,5)6/h7-11,15,17H,12-13H2,1-6H3,(H,23,29)(H,24,30)(H,25,28)/t15-,17-/m1/s1. The lowest BCUT2D eigenvalue weighted by Gasteiger charge is -2.23. The first-order valence-electron chi connectivity index (χ1n) is 10.2. The Morgan fingerprint density at radius 1 is 1.00 bits per heavy atom. The van der Waals surface area contributed by atoms with Gasteiger partial charge in [-0.05, 0) is 47.1 Å². The summed E-state index contributed by atoms with van der Waals surface area (Å²) in [6.45, 7) is 9.48. The molecule has 0 heterocycles. The summed E-state index contributed by atoms with van der Waals surface area (Å²) in [5, 5.41) is 11.0. The van der Waals surface area contributed by atoms with Crippen molar-refractivity contribution in [3.63, 3.8) is 0 Å². The highest BCUT2D eigenvalue weighted by atomic mass is 16.7. The second-order valence-corrected chi connectivity index (χ2v) is 8.34. The third kappa shape index (κ3) is 11.1. The van der Waals surface area contributed by atoms with Crippen molar-refractivity contribution in [2.45, 2.75) is 65.6 Å². The van der Waals surface area contributed by atoms with E-state index in [1.54, 1.807) is 46.8 Å². The highest BCUT2D eigenvalue weighted by Crippen LogP contribution is 2.07. The largest absolute Gasteiger partial charge is 0.444 e. The van der Waals surface area contributed by atoms with Gasteiger partial charge < -0.3 is 25.5 Å². The number of nitrogens with zero attached hydrogens (tertiary/aromatic N) is 1. The van der Waals surface area contributed by atoms with Gasteiger partial charge in [-0.15, -0.1) is 0 Å². The van der Waals surface area contributed by atoms with Crippen LogP contribution in [0.3, 0.4) is 0 Å². The molecule has 176 valence electrons. The van der Waals surface area contributed by atoms with Crippen molar-refractivity contribution in [3.8, 4) is 0 Å². The van der Waals surface area contributed by atoms with E-state index in [2.05, 4.69) is 25.9 Å². The van der Waals surface area contributed by atoms with Crippen LogP contribution in [0.2, 0.25) is 0 Å². The average Bonchev–Trinajstić information content (AvgIpc) is 2.69. The molecule has 1 rings (SSSR count). The summed E-state index contributed by atoms with van der Waals surface area (Å²) in [4.78, 5) is 53.5. The zero-order chi connectivity index (χ0) is 24.3. The SMILES string of the molecule is CC(C)=NOC(=O)CNC(=O)[C@@H](Cc1ccccc1)NC(=O)[C@@H](C)NC(=O)OC(C)(C)C. The van der Waals surface area contributed by atoms with Gasteiger partial charge in [0.1, 0.15) is 24.2 Å². The number of hydrogen-bond donors (Lipinski definition) is 3. The molecule has 0 unspecified atom stereocenters. The predicted molar refractivity (Wildman–Crippen MR) is 119 cm³/mol. The van der Waals surface area contributed by atoms with Gasteiger partial charge in [0, 0.05) is 6.42 Å². The molecule has 2 atom stereocenters. The lowest BCUT2D eigenvalue weighted by Crippen LogP contribution is -2.54. The highest BCUT2D eigenvalue weighted by Gasteiger charge is 2.26. The molecule has 0 saturated heterocycles. The first-order valence-corrected chi connectivity index (χ1v) is 10.2. The third-order valence-corrected chi connectivity index (χ3v) is 3.78. The van der Waals surface area contributed by atoms with E-state index in [1.807, 2.05) is 18.2 Å². The van der Waals surface area contributed by atoms with E-state index in [9.17, 15) is 19.2 Å². The van der Waals surface area contributed by atoms with Gasteiger partial charge in [0.05, 0.1) is 5.71 Å². The number of benzene rings is 1. The Labute approximate surface area is 188 Å². The molecule has 0 bridgehead atoms. The zero-order valence-electron chi connectivity index (χ0n) is 19.4. The Kier molecular flexibility index (Phi) is 10.3. The highest BCUT2D eigenvalue weighted by molar-refractivity contribution is 5.92. The van der Waals surface area contributed by atoms with Crippen molar-refractivity contribution >= 4 is 29.6 Å². The maximum Gasteiger partial charge on any atom is 0.408 e. The van der Waals surface area contributed by atoms with E-state index in [-0.39, 0.29) is 6.42 Å². The minimum absolute atomic E-state index is 0.179. The number of alkyl carbamates (subject to hydrolysis) is 1. The Balaban J connectivity index is 2.79. The van der Waals surface area contributed by atoms with Crippen LogP contribution in [0.25, 0.3) is 0 Å². The predicted octanol–water partition coefficient (Wildman–Crippen LogP) is 1.68. The molecule has 3 N–H and O–H groups in total. The first kappa shape index (κ1) is 26.6. The Hall–Kier alpha value is -3.43. The van der Waals surface area contributed by atoms with Crippen LogP contribution in [-0.2, 0) is 30.4 Å². The van der Waals surface area contributed by atoms with E-state index >= 15 is 0 Å². The molecule has 0 radical (unpaired) electrons. The normalized spacial score (nSPS) is 12.6. The number of amides is 3. The topological polar surface area (TPSA) is 135 Å². The maximum atomic E-state index is 12.7. The molecule has 1 aromatic carbocycles. The molecule has 32 heavy (non-hydrogen) atoms. The molecule has 0 aromatic heterocycles. The van der Waals surface area contributed by atoms with Crippen molar-refractivity contribution in [3.05, 3.63) is 35.9 Å². The molecule has 10 nitrogen and oxygen atoms in total. The minimum Gasteiger partial charge on any atom is -0.444 e. The first-order chi connectivity index (χ1) is 14.9. The molecule has 10 heteroatoms. The quantitative estimate of drug-likeness (QED) is 0.299.